The lowest BCUT2D eigenvalue weighted by atomic mass is 10.0. The van der Waals surface area contributed by atoms with E-state index in [0.29, 0.717) is 6.04 Å². The second-order valence-corrected chi connectivity index (χ2v) is 5.14. The summed E-state index contributed by atoms with van der Waals surface area (Å²) in [5.74, 6) is 0. The molecule has 0 bridgehead atoms. The predicted octanol–water partition coefficient (Wildman–Crippen LogP) is 1.01. The first-order chi connectivity index (χ1) is 6.58. The average Bonchev–Trinajstić information content (AvgIpc) is 2.49. The van der Waals surface area contributed by atoms with Gasteiger partial charge in [0.1, 0.15) is 0 Å². The molecular formula is C11H21NO2. The quantitative estimate of drug-likeness (QED) is 0.684. The Morgan fingerprint density at radius 1 is 1.36 bits per heavy atom. The van der Waals surface area contributed by atoms with Gasteiger partial charge in [0.25, 0.3) is 0 Å². The topological polar surface area (TPSA) is 32.7 Å². The number of aliphatic hydroxyl groups excluding tert-OH is 1. The van der Waals surface area contributed by atoms with Crippen LogP contribution in [0.25, 0.3) is 0 Å². The van der Waals surface area contributed by atoms with Crippen LogP contribution in [-0.4, -0.2) is 47.4 Å². The summed E-state index contributed by atoms with van der Waals surface area (Å²) >= 11 is 0. The van der Waals surface area contributed by atoms with E-state index in [1.807, 2.05) is 0 Å². The molecule has 2 atom stereocenters. The largest absolute Gasteiger partial charge is 0.391 e. The lowest BCUT2D eigenvalue weighted by molar-refractivity contribution is -0.106. The summed E-state index contributed by atoms with van der Waals surface area (Å²) in [6, 6.07) is 0.387. The summed E-state index contributed by atoms with van der Waals surface area (Å²) < 4.78 is 5.67. The number of nitrogens with zero attached hydrogens (tertiary/aromatic N) is 1. The molecule has 1 aliphatic heterocycles. The van der Waals surface area contributed by atoms with Crippen LogP contribution >= 0.6 is 0 Å². The maximum atomic E-state index is 9.83. The predicted molar refractivity (Wildman–Crippen MR) is 55.2 cm³/mol. The van der Waals surface area contributed by atoms with Crippen LogP contribution in [-0.2, 0) is 4.74 Å². The highest BCUT2D eigenvalue weighted by Crippen LogP contribution is 2.27. The second-order valence-electron chi connectivity index (χ2n) is 5.14. The SMILES string of the molecule is CC1(C)CN([C@H]2CCC[C@@H]2O)CCO1. The minimum Gasteiger partial charge on any atom is -0.391 e. The molecule has 0 aromatic heterocycles. The summed E-state index contributed by atoms with van der Waals surface area (Å²) in [4.78, 5) is 2.40. The van der Waals surface area contributed by atoms with Gasteiger partial charge in [-0.25, -0.2) is 0 Å². The molecule has 2 fully saturated rings. The molecule has 1 saturated carbocycles. The standard InChI is InChI=1S/C11H21NO2/c1-11(2)8-12(6-7-14-11)9-4-3-5-10(9)13/h9-10,13H,3-8H2,1-2H3/t9-,10-/m0/s1. The fourth-order valence-corrected chi connectivity index (χ4v) is 2.68. The van der Waals surface area contributed by atoms with Crippen molar-refractivity contribution in [2.24, 2.45) is 0 Å². The van der Waals surface area contributed by atoms with E-state index >= 15 is 0 Å². The Morgan fingerprint density at radius 3 is 2.71 bits per heavy atom. The van der Waals surface area contributed by atoms with Crippen LogP contribution in [0, 0.1) is 0 Å². The second kappa shape index (κ2) is 3.80. The van der Waals surface area contributed by atoms with Crippen molar-refractivity contribution in [3.63, 3.8) is 0 Å². The zero-order valence-corrected chi connectivity index (χ0v) is 9.20. The summed E-state index contributed by atoms with van der Waals surface area (Å²) in [6.45, 7) is 6.98. The molecule has 1 heterocycles. The van der Waals surface area contributed by atoms with E-state index in [9.17, 15) is 5.11 Å². The van der Waals surface area contributed by atoms with Crippen LogP contribution in [0.2, 0.25) is 0 Å². The number of rotatable bonds is 1. The highest BCUT2D eigenvalue weighted by Gasteiger charge is 2.36. The Kier molecular flexibility index (Phi) is 2.82. The average molecular weight is 199 g/mol. The van der Waals surface area contributed by atoms with Gasteiger partial charge >= 0.3 is 0 Å². The van der Waals surface area contributed by atoms with E-state index < -0.39 is 0 Å². The number of ether oxygens (including phenoxy) is 1. The van der Waals surface area contributed by atoms with Gasteiger partial charge in [-0.2, -0.15) is 0 Å². The van der Waals surface area contributed by atoms with E-state index in [-0.39, 0.29) is 11.7 Å². The van der Waals surface area contributed by atoms with E-state index in [0.717, 1.165) is 32.5 Å². The van der Waals surface area contributed by atoms with Crippen molar-refractivity contribution in [1.82, 2.24) is 4.90 Å². The van der Waals surface area contributed by atoms with Crippen LogP contribution in [0.5, 0.6) is 0 Å². The van der Waals surface area contributed by atoms with Crippen LogP contribution in [0.1, 0.15) is 33.1 Å². The minimum atomic E-state index is -0.108. The Morgan fingerprint density at radius 2 is 2.14 bits per heavy atom. The van der Waals surface area contributed by atoms with Crippen molar-refractivity contribution in [2.75, 3.05) is 19.7 Å². The molecule has 1 saturated heterocycles. The summed E-state index contributed by atoms with van der Waals surface area (Å²) in [7, 11) is 0. The summed E-state index contributed by atoms with van der Waals surface area (Å²) in [6.07, 6.45) is 3.19. The Bertz CT molecular complexity index is 205. The monoisotopic (exact) mass is 199 g/mol. The van der Waals surface area contributed by atoms with Crippen molar-refractivity contribution >= 4 is 0 Å². The van der Waals surface area contributed by atoms with Gasteiger partial charge in [-0.15, -0.1) is 0 Å². The lowest BCUT2D eigenvalue weighted by Crippen LogP contribution is -2.53. The molecule has 3 nitrogen and oxygen atoms in total. The van der Waals surface area contributed by atoms with E-state index in [1.165, 1.54) is 6.42 Å². The maximum Gasteiger partial charge on any atom is 0.0753 e. The van der Waals surface area contributed by atoms with Gasteiger partial charge < -0.3 is 9.84 Å². The first-order valence-electron chi connectivity index (χ1n) is 5.65. The zero-order chi connectivity index (χ0) is 10.2. The van der Waals surface area contributed by atoms with Gasteiger partial charge in [0.15, 0.2) is 0 Å². The molecule has 0 aromatic carbocycles. The maximum absolute atomic E-state index is 9.83. The molecule has 3 heteroatoms. The number of aliphatic hydroxyl groups is 1. The molecule has 0 aromatic rings. The van der Waals surface area contributed by atoms with Crippen LogP contribution in [0.3, 0.4) is 0 Å². The van der Waals surface area contributed by atoms with Crippen molar-refractivity contribution in [3.05, 3.63) is 0 Å². The molecular weight excluding hydrogens is 178 g/mol. The summed E-state index contributed by atoms with van der Waals surface area (Å²) in [5, 5.41) is 9.83. The van der Waals surface area contributed by atoms with Crippen molar-refractivity contribution in [1.29, 1.82) is 0 Å². The highest BCUT2D eigenvalue weighted by molar-refractivity contribution is 4.90. The first-order valence-corrected chi connectivity index (χ1v) is 5.65. The van der Waals surface area contributed by atoms with E-state index in [1.54, 1.807) is 0 Å². The van der Waals surface area contributed by atoms with Gasteiger partial charge in [0, 0.05) is 19.1 Å². The molecule has 2 rings (SSSR count). The third-order valence-electron chi connectivity index (χ3n) is 3.37. The molecule has 1 N–H and O–H groups in total. The van der Waals surface area contributed by atoms with Gasteiger partial charge in [-0.3, -0.25) is 4.90 Å². The Balaban J connectivity index is 1.97. The molecule has 2 aliphatic rings. The van der Waals surface area contributed by atoms with E-state index in [2.05, 4.69) is 18.7 Å². The molecule has 0 spiro atoms. The molecule has 0 unspecified atom stereocenters. The van der Waals surface area contributed by atoms with Gasteiger partial charge in [-0.1, -0.05) is 0 Å². The van der Waals surface area contributed by atoms with Gasteiger partial charge in [-0.05, 0) is 33.1 Å². The van der Waals surface area contributed by atoms with Crippen LogP contribution in [0.4, 0.5) is 0 Å². The normalized spacial score (nSPS) is 38.8. The molecule has 82 valence electrons. The third kappa shape index (κ3) is 2.10. The summed E-state index contributed by atoms with van der Waals surface area (Å²) in [5.41, 5.74) is -0.0411. The number of morpholine rings is 1. The fourth-order valence-electron chi connectivity index (χ4n) is 2.68. The Labute approximate surface area is 86.0 Å². The molecule has 0 amide bonds. The van der Waals surface area contributed by atoms with Gasteiger partial charge in [0.05, 0.1) is 18.3 Å². The van der Waals surface area contributed by atoms with Crippen molar-refractivity contribution in [3.8, 4) is 0 Å². The smallest absolute Gasteiger partial charge is 0.0753 e. The number of hydrogen-bond donors (Lipinski definition) is 1. The zero-order valence-electron chi connectivity index (χ0n) is 9.20. The number of hydrogen-bond acceptors (Lipinski definition) is 3. The molecule has 14 heavy (non-hydrogen) atoms. The lowest BCUT2D eigenvalue weighted by Gasteiger charge is -2.42. The van der Waals surface area contributed by atoms with Crippen molar-refractivity contribution in [2.45, 2.75) is 50.9 Å². The van der Waals surface area contributed by atoms with Crippen LogP contribution in [0.15, 0.2) is 0 Å². The Hall–Kier alpha value is -0.120. The minimum absolute atomic E-state index is 0.0411. The fraction of sp³-hybridized carbons (Fsp3) is 1.00. The molecule has 1 aliphatic carbocycles. The van der Waals surface area contributed by atoms with E-state index in [4.69, 9.17) is 4.74 Å². The van der Waals surface area contributed by atoms with Crippen molar-refractivity contribution < 1.29 is 9.84 Å². The van der Waals surface area contributed by atoms with Gasteiger partial charge in [0.2, 0.25) is 0 Å². The molecule has 0 radical (unpaired) electrons. The third-order valence-corrected chi connectivity index (χ3v) is 3.37. The first kappa shape index (κ1) is 10.4. The highest BCUT2D eigenvalue weighted by atomic mass is 16.5. The van der Waals surface area contributed by atoms with Crippen LogP contribution < -0.4 is 0 Å².